The Bertz CT molecular complexity index is 1360. The number of fused-ring (bicyclic) bond motifs is 1. The van der Waals surface area contributed by atoms with Gasteiger partial charge in [0, 0.05) is 29.4 Å². The van der Waals surface area contributed by atoms with Gasteiger partial charge in [0.05, 0.1) is 0 Å². The average Bonchev–Trinajstić information content (AvgIpc) is 3.65. The van der Waals surface area contributed by atoms with Gasteiger partial charge in [-0.3, -0.25) is 14.5 Å². The molecule has 0 spiro atoms. The molecule has 5 rings (SSSR count). The van der Waals surface area contributed by atoms with Crippen LogP contribution < -0.4 is 5.32 Å². The number of hydrogen-bond acceptors (Lipinski definition) is 8. The van der Waals surface area contributed by atoms with Crippen LogP contribution in [0, 0.1) is 0 Å². The summed E-state index contributed by atoms with van der Waals surface area (Å²) in [6.45, 7) is 7.84. The highest BCUT2D eigenvalue weighted by atomic mass is 32.1. The number of hydrogen-bond donors (Lipinski definition) is 1. The number of likely N-dealkylation sites (tertiary alicyclic amines) is 1. The molecule has 1 amide bonds. The average molecular weight is 538 g/mol. The van der Waals surface area contributed by atoms with Crippen molar-refractivity contribution in [3.8, 4) is 22.0 Å². The van der Waals surface area contributed by atoms with Crippen LogP contribution in [0.15, 0.2) is 51.6 Å². The van der Waals surface area contributed by atoms with E-state index in [0.717, 1.165) is 65.3 Å². The van der Waals surface area contributed by atoms with E-state index in [0.29, 0.717) is 11.4 Å². The molecule has 1 aliphatic rings. The summed E-state index contributed by atoms with van der Waals surface area (Å²) >= 11 is 2.91. The Labute approximate surface area is 224 Å². The zero-order chi connectivity index (χ0) is 26.0. The standard InChI is InChI=1S/C28H31N3O4S2/c1-28(2,3)35-27(33)21-9-6-13-31(21)14-7-12-29-25(32)24-19(11-15-36-24)26-30-20(17-37-26)23-16-18-8-4-5-10-22(18)34-23/h4-5,8,10-11,15-17,21H,6-7,9,12-14H2,1-3H3,(H,29,32). The van der Waals surface area contributed by atoms with E-state index < -0.39 is 5.60 Å². The number of benzene rings is 1. The van der Waals surface area contributed by atoms with Crippen LogP contribution in [0.4, 0.5) is 0 Å². The van der Waals surface area contributed by atoms with E-state index in [-0.39, 0.29) is 17.9 Å². The first-order valence-corrected chi connectivity index (χ1v) is 14.3. The van der Waals surface area contributed by atoms with Gasteiger partial charge in [0.25, 0.3) is 5.91 Å². The van der Waals surface area contributed by atoms with E-state index in [9.17, 15) is 9.59 Å². The summed E-state index contributed by atoms with van der Waals surface area (Å²) in [5.41, 5.74) is 1.94. The number of furan rings is 1. The Kier molecular flexibility index (Phi) is 7.46. The molecule has 194 valence electrons. The van der Waals surface area contributed by atoms with Gasteiger partial charge < -0.3 is 14.5 Å². The topological polar surface area (TPSA) is 84.7 Å². The minimum atomic E-state index is -0.484. The fourth-order valence-electron chi connectivity index (χ4n) is 4.57. The van der Waals surface area contributed by atoms with Gasteiger partial charge in [-0.2, -0.15) is 0 Å². The second-order valence-corrected chi connectivity index (χ2v) is 12.0. The van der Waals surface area contributed by atoms with Gasteiger partial charge in [-0.1, -0.05) is 18.2 Å². The summed E-state index contributed by atoms with van der Waals surface area (Å²) in [7, 11) is 0. The monoisotopic (exact) mass is 537 g/mol. The number of amides is 1. The number of carbonyl (C=O) groups excluding carboxylic acids is 2. The summed E-state index contributed by atoms with van der Waals surface area (Å²) in [5.74, 6) is 0.467. The predicted molar refractivity (Wildman–Crippen MR) is 148 cm³/mol. The number of carbonyl (C=O) groups is 2. The quantitative estimate of drug-likeness (QED) is 0.212. The number of nitrogens with zero attached hydrogens (tertiary/aromatic N) is 2. The highest BCUT2D eigenvalue weighted by Crippen LogP contribution is 2.35. The second kappa shape index (κ2) is 10.8. The van der Waals surface area contributed by atoms with Crippen molar-refractivity contribution in [1.82, 2.24) is 15.2 Å². The van der Waals surface area contributed by atoms with Crippen molar-refractivity contribution in [3.63, 3.8) is 0 Å². The van der Waals surface area contributed by atoms with Crippen LogP contribution in [0.1, 0.15) is 49.7 Å². The molecular formula is C28H31N3O4S2. The van der Waals surface area contributed by atoms with Gasteiger partial charge in [0.2, 0.25) is 0 Å². The number of nitrogens with one attached hydrogen (secondary N) is 1. The number of aromatic nitrogens is 1. The summed E-state index contributed by atoms with van der Waals surface area (Å²) in [5, 5.41) is 8.75. The first-order chi connectivity index (χ1) is 17.8. The third-order valence-corrected chi connectivity index (χ3v) is 8.02. The van der Waals surface area contributed by atoms with Crippen LogP contribution in [0.25, 0.3) is 33.0 Å². The maximum atomic E-state index is 13.0. The van der Waals surface area contributed by atoms with Crippen LogP contribution in [0.2, 0.25) is 0 Å². The van der Waals surface area contributed by atoms with Crippen molar-refractivity contribution in [2.24, 2.45) is 0 Å². The summed E-state index contributed by atoms with van der Waals surface area (Å²) in [6, 6.07) is 11.6. The van der Waals surface area contributed by atoms with Crippen molar-refractivity contribution in [2.75, 3.05) is 19.6 Å². The molecule has 3 aromatic heterocycles. The third-order valence-electron chi connectivity index (χ3n) is 6.23. The number of para-hydroxylation sites is 1. The zero-order valence-electron chi connectivity index (χ0n) is 21.3. The molecule has 0 saturated carbocycles. The van der Waals surface area contributed by atoms with Crippen molar-refractivity contribution in [1.29, 1.82) is 0 Å². The van der Waals surface area contributed by atoms with Gasteiger partial charge in [0.1, 0.15) is 32.8 Å². The van der Waals surface area contributed by atoms with Crippen LogP contribution in [-0.4, -0.2) is 53.0 Å². The molecule has 1 unspecified atom stereocenters. The normalized spacial score (nSPS) is 16.4. The molecule has 0 radical (unpaired) electrons. The number of thiazole rings is 1. The second-order valence-electron chi connectivity index (χ2n) is 10.2. The van der Waals surface area contributed by atoms with Crippen LogP contribution in [-0.2, 0) is 9.53 Å². The number of esters is 1. The van der Waals surface area contributed by atoms with Gasteiger partial charge >= 0.3 is 5.97 Å². The molecule has 1 aromatic carbocycles. The van der Waals surface area contributed by atoms with Gasteiger partial charge in [-0.25, -0.2) is 4.98 Å². The molecule has 0 bridgehead atoms. The Morgan fingerprint density at radius 3 is 2.86 bits per heavy atom. The molecule has 1 N–H and O–H groups in total. The Balaban J connectivity index is 1.17. The molecule has 1 atom stereocenters. The highest BCUT2D eigenvalue weighted by Gasteiger charge is 2.33. The van der Waals surface area contributed by atoms with Gasteiger partial charge in [-0.05, 0) is 70.2 Å². The first-order valence-electron chi connectivity index (χ1n) is 12.6. The van der Waals surface area contributed by atoms with Crippen LogP contribution in [0.3, 0.4) is 0 Å². The fraction of sp³-hybridized carbons (Fsp3) is 0.393. The predicted octanol–water partition coefficient (Wildman–Crippen LogP) is 6.21. The maximum absolute atomic E-state index is 13.0. The van der Waals surface area contributed by atoms with E-state index in [1.54, 1.807) is 0 Å². The largest absolute Gasteiger partial charge is 0.459 e. The molecule has 4 heterocycles. The van der Waals surface area contributed by atoms with Crippen molar-refractivity contribution in [3.05, 3.63) is 52.0 Å². The lowest BCUT2D eigenvalue weighted by atomic mass is 10.1. The van der Waals surface area contributed by atoms with Crippen LogP contribution >= 0.6 is 22.7 Å². The lowest BCUT2D eigenvalue weighted by molar-refractivity contribution is -0.160. The Morgan fingerprint density at radius 1 is 1.22 bits per heavy atom. The fourth-order valence-corrected chi connectivity index (χ4v) is 6.28. The zero-order valence-corrected chi connectivity index (χ0v) is 22.9. The lowest BCUT2D eigenvalue weighted by Crippen LogP contribution is -2.41. The van der Waals surface area contributed by atoms with Crippen LogP contribution in [0.5, 0.6) is 0 Å². The molecule has 9 heteroatoms. The van der Waals surface area contributed by atoms with Crippen molar-refractivity contribution in [2.45, 2.75) is 51.7 Å². The summed E-state index contributed by atoms with van der Waals surface area (Å²) in [4.78, 5) is 33.1. The maximum Gasteiger partial charge on any atom is 0.323 e. The molecule has 7 nitrogen and oxygen atoms in total. The summed E-state index contributed by atoms with van der Waals surface area (Å²) in [6.07, 6.45) is 2.57. The highest BCUT2D eigenvalue weighted by molar-refractivity contribution is 7.15. The molecule has 4 aromatic rings. The number of ether oxygens (including phenoxy) is 1. The van der Waals surface area contributed by atoms with E-state index in [1.165, 1.54) is 22.7 Å². The first kappa shape index (κ1) is 25.6. The Morgan fingerprint density at radius 2 is 2.05 bits per heavy atom. The molecule has 1 saturated heterocycles. The van der Waals surface area contributed by atoms with E-state index in [4.69, 9.17) is 14.1 Å². The third kappa shape index (κ3) is 5.95. The van der Waals surface area contributed by atoms with Crippen molar-refractivity contribution < 1.29 is 18.7 Å². The van der Waals surface area contributed by atoms with E-state index >= 15 is 0 Å². The molecule has 37 heavy (non-hydrogen) atoms. The van der Waals surface area contributed by atoms with E-state index in [1.807, 2.05) is 67.9 Å². The van der Waals surface area contributed by atoms with Gasteiger partial charge in [0.15, 0.2) is 5.76 Å². The minimum absolute atomic E-state index is 0.101. The molecule has 0 aliphatic carbocycles. The molecule has 1 aliphatic heterocycles. The summed E-state index contributed by atoms with van der Waals surface area (Å²) < 4.78 is 11.5. The molecular weight excluding hydrogens is 506 g/mol. The molecule has 1 fully saturated rings. The smallest absolute Gasteiger partial charge is 0.323 e. The minimum Gasteiger partial charge on any atom is -0.459 e. The SMILES string of the molecule is CC(C)(C)OC(=O)C1CCCN1CCCNC(=O)c1sccc1-c1nc(-c2cc3ccccc3o2)cs1. The Hall–Kier alpha value is -3.01. The van der Waals surface area contributed by atoms with Crippen molar-refractivity contribution >= 4 is 45.5 Å². The lowest BCUT2D eigenvalue weighted by Gasteiger charge is -2.27. The number of thiophene rings is 1. The van der Waals surface area contributed by atoms with E-state index in [2.05, 4.69) is 10.2 Å². The van der Waals surface area contributed by atoms with Gasteiger partial charge in [-0.15, -0.1) is 22.7 Å². The number of rotatable bonds is 8.